The lowest BCUT2D eigenvalue weighted by molar-refractivity contribution is 0.104. The normalized spacial score (nSPS) is 21.3. The van der Waals surface area contributed by atoms with Crippen molar-refractivity contribution >= 4 is 0 Å². The van der Waals surface area contributed by atoms with Crippen LogP contribution in [0.25, 0.3) is 11.3 Å². The predicted molar refractivity (Wildman–Crippen MR) is 106 cm³/mol. The Balaban J connectivity index is 1.22. The van der Waals surface area contributed by atoms with Crippen LogP contribution in [0.2, 0.25) is 0 Å². The van der Waals surface area contributed by atoms with Gasteiger partial charge in [0.05, 0.1) is 6.26 Å². The highest BCUT2D eigenvalue weighted by Gasteiger charge is 2.23. The third-order valence-electron chi connectivity index (χ3n) is 5.99. The monoisotopic (exact) mass is 353 g/mol. The molecule has 26 heavy (non-hydrogen) atoms. The number of likely N-dealkylation sites (tertiary alicyclic amines) is 1. The molecule has 0 saturated carbocycles. The summed E-state index contributed by atoms with van der Waals surface area (Å²) in [6, 6.07) is 12.8. The fourth-order valence-electron chi connectivity index (χ4n) is 4.20. The molecule has 2 aliphatic heterocycles. The lowest BCUT2D eigenvalue weighted by Gasteiger charge is -2.38. The minimum Gasteiger partial charge on any atom is -0.464 e. The molecule has 1 aromatic heterocycles. The zero-order chi connectivity index (χ0) is 17.8. The highest BCUT2D eigenvalue weighted by atomic mass is 16.3. The fourth-order valence-corrected chi connectivity index (χ4v) is 4.20. The van der Waals surface area contributed by atoms with Gasteiger partial charge in [0.2, 0.25) is 0 Å². The first-order valence-electron chi connectivity index (χ1n) is 10.0. The summed E-state index contributed by atoms with van der Waals surface area (Å²) in [6.45, 7) is 9.80. The molecule has 140 valence electrons. The van der Waals surface area contributed by atoms with E-state index in [2.05, 4.69) is 46.0 Å². The van der Waals surface area contributed by atoms with E-state index in [9.17, 15) is 0 Å². The predicted octanol–water partition coefficient (Wildman–Crippen LogP) is 3.41. The largest absolute Gasteiger partial charge is 0.464 e. The Bertz CT molecular complexity index is 651. The molecule has 4 nitrogen and oxygen atoms in total. The first-order chi connectivity index (χ1) is 12.8. The summed E-state index contributed by atoms with van der Waals surface area (Å²) in [7, 11) is 2.23. The fraction of sp³-hybridized carbons (Fsp3) is 0.545. The average molecular weight is 354 g/mol. The first-order valence-corrected chi connectivity index (χ1v) is 10.0. The number of piperazine rings is 1. The van der Waals surface area contributed by atoms with Gasteiger partial charge in [0.1, 0.15) is 5.76 Å². The molecule has 3 heterocycles. The maximum atomic E-state index is 5.47. The zero-order valence-electron chi connectivity index (χ0n) is 15.9. The summed E-state index contributed by atoms with van der Waals surface area (Å²) in [5, 5.41) is 0. The molecule has 0 amide bonds. The van der Waals surface area contributed by atoms with Crippen LogP contribution >= 0.6 is 0 Å². The third kappa shape index (κ3) is 4.56. The summed E-state index contributed by atoms with van der Waals surface area (Å²) in [6.07, 6.45) is 4.42. The van der Waals surface area contributed by atoms with E-state index >= 15 is 0 Å². The number of hydrogen-bond acceptors (Lipinski definition) is 4. The van der Waals surface area contributed by atoms with Gasteiger partial charge < -0.3 is 14.2 Å². The van der Waals surface area contributed by atoms with E-state index in [-0.39, 0.29) is 0 Å². The van der Waals surface area contributed by atoms with Crippen molar-refractivity contribution in [2.75, 3.05) is 52.9 Å². The number of benzene rings is 1. The van der Waals surface area contributed by atoms with Gasteiger partial charge in [0.15, 0.2) is 0 Å². The van der Waals surface area contributed by atoms with Crippen LogP contribution in [0.15, 0.2) is 47.1 Å². The van der Waals surface area contributed by atoms with Crippen molar-refractivity contribution in [3.63, 3.8) is 0 Å². The van der Waals surface area contributed by atoms with Gasteiger partial charge in [0, 0.05) is 44.8 Å². The van der Waals surface area contributed by atoms with Crippen LogP contribution in [0.1, 0.15) is 18.4 Å². The molecule has 4 rings (SSSR count). The summed E-state index contributed by atoms with van der Waals surface area (Å²) in [5.41, 5.74) is 2.56. The number of rotatable bonds is 5. The minimum absolute atomic E-state index is 0.885. The number of likely N-dealkylation sites (N-methyl/N-ethyl adjacent to an activating group) is 1. The van der Waals surface area contributed by atoms with E-state index in [1.54, 1.807) is 6.26 Å². The second-order valence-electron chi connectivity index (χ2n) is 8.00. The molecule has 0 unspecified atom stereocenters. The van der Waals surface area contributed by atoms with Gasteiger partial charge >= 0.3 is 0 Å². The van der Waals surface area contributed by atoms with Gasteiger partial charge in [-0.15, -0.1) is 0 Å². The van der Waals surface area contributed by atoms with Crippen LogP contribution in [-0.4, -0.2) is 67.6 Å². The molecule has 0 radical (unpaired) electrons. The van der Waals surface area contributed by atoms with E-state index in [1.165, 1.54) is 64.2 Å². The van der Waals surface area contributed by atoms with Gasteiger partial charge in [-0.05, 0) is 56.6 Å². The molecule has 0 N–H and O–H groups in total. The first kappa shape index (κ1) is 17.8. The third-order valence-corrected chi connectivity index (χ3v) is 5.99. The van der Waals surface area contributed by atoms with Gasteiger partial charge in [-0.25, -0.2) is 0 Å². The van der Waals surface area contributed by atoms with Crippen molar-refractivity contribution in [3.05, 3.63) is 48.2 Å². The van der Waals surface area contributed by atoms with Crippen molar-refractivity contribution in [1.82, 2.24) is 14.7 Å². The smallest absolute Gasteiger partial charge is 0.133 e. The molecule has 2 fully saturated rings. The number of nitrogens with zero attached hydrogens (tertiary/aromatic N) is 3. The Labute approximate surface area is 157 Å². The summed E-state index contributed by atoms with van der Waals surface area (Å²) >= 11 is 0. The standard InChI is InChI=1S/C22H31N3O/c1-23-12-14-25(15-13-23)18-20-8-10-24(11-9-20)17-19-4-6-21(7-5-19)22-3-2-16-26-22/h2-7,16,20H,8-15,17-18H2,1H3. The van der Waals surface area contributed by atoms with Gasteiger partial charge in [-0.1, -0.05) is 24.3 Å². The Morgan fingerprint density at radius 3 is 2.27 bits per heavy atom. The quantitative estimate of drug-likeness (QED) is 0.822. The van der Waals surface area contributed by atoms with Gasteiger partial charge in [-0.2, -0.15) is 0 Å². The van der Waals surface area contributed by atoms with Crippen LogP contribution in [0.4, 0.5) is 0 Å². The van der Waals surface area contributed by atoms with Gasteiger partial charge in [-0.3, -0.25) is 4.90 Å². The topological polar surface area (TPSA) is 22.9 Å². The SMILES string of the molecule is CN1CCN(CC2CCN(Cc3ccc(-c4ccco4)cc3)CC2)CC1. The molecule has 2 aliphatic rings. The molecule has 0 atom stereocenters. The Morgan fingerprint density at radius 2 is 1.62 bits per heavy atom. The van der Waals surface area contributed by atoms with E-state index in [1.807, 2.05) is 12.1 Å². The molecule has 2 aromatic rings. The Morgan fingerprint density at radius 1 is 0.885 bits per heavy atom. The molecule has 2 saturated heterocycles. The number of furan rings is 1. The summed E-state index contributed by atoms with van der Waals surface area (Å²) < 4.78 is 5.47. The maximum absolute atomic E-state index is 5.47. The van der Waals surface area contributed by atoms with Crippen molar-refractivity contribution < 1.29 is 4.42 Å². The van der Waals surface area contributed by atoms with E-state index in [0.29, 0.717) is 0 Å². The molecule has 1 aromatic carbocycles. The van der Waals surface area contributed by atoms with Crippen molar-refractivity contribution in [1.29, 1.82) is 0 Å². The number of piperidine rings is 1. The second-order valence-corrected chi connectivity index (χ2v) is 8.00. The van der Waals surface area contributed by atoms with Crippen LogP contribution in [0.3, 0.4) is 0 Å². The molecular weight excluding hydrogens is 322 g/mol. The average Bonchev–Trinajstić information content (AvgIpc) is 3.21. The van der Waals surface area contributed by atoms with Gasteiger partial charge in [0.25, 0.3) is 0 Å². The summed E-state index contributed by atoms with van der Waals surface area (Å²) in [5.74, 6) is 1.83. The molecule has 0 bridgehead atoms. The molecule has 4 heteroatoms. The Hall–Kier alpha value is -1.62. The van der Waals surface area contributed by atoms with Crippen LogP contribution in [-0.2, 0) is 6.54 Å². The van der Waals surface area contributed by atoms with Crippen LogP contribution in [0, 0.1) is 5.92 Å². The van der Waals surface area contributed by atoms with Crippen molar-refractivity contribution in [3.8, 4) is 11.3 Å². The van der Waals surface area contributed by atoms with Crippen molar-refractivity contribution in [2.24, 2.45) is 5.92 Å². The van der Waals surface area contributed by atoms with E-state index in [4.69, 9.17) is 4.42 Å². The Kier molecular flexibility index (Phi) is 5.73. The zero-order valence-corrected chi connectivity index (χ0v) is 15.9. The van der Waals surface area contributed by atoms with Crippen LogP contribution in [0.5, 0.6) is 0 Å². The van der Waals surface area contributed by atoms with Crippen molar-refractivity contribution in [2.45, 2.75) is 19.4 Å². The highest BCUT2D eigenvalue weighted by molar-refractivity contribution is 5.57. The molecule has 0 aliphatic carbocycles. The maximum Gasteiger partial charge on any atom is 0.133 e. The summed E-state index contributed by atoms with van der Waals surface area (Å²) in [4.78, 5) is 7.73. The molecule has 0 spiro atoms. The highest BCUT2D eigenvalue weighted by Crippen LogP contribution is 2.23. The second kappa shape index (κ2) is 8.38. The number of hydrogen-bond donors (Lipinski definition) is 0. The lowest BCUT2D eigenvalue weighted by Crippen LogP contribution is -2.47. The molecular formula is C22H31N3O. The van der Waals surface area contributed by atoms with E-state index in [0.717, 1.165) is 23.8 Å². The van der Waals surface area contributed by atoms with Crippen LogP contribution < -0.4 is 0 Å². The lowest BCUT2D eigenvalue weighted by atomic mass is 9.95. The minimum atomic E-state index is 0.885. The van der Waals surface area contributed by atoms with E-state index < -0.39 is 0 Å².